The first-order valence-corrected chi connectivity index (χ1v) is 6.89. The van der Waals surface area contributed by atoms with Gasteiger partial charge in [-0.25, -0.2) is 18.5 Å². The molecule has 6 nitrogen and oxygen atoms in total. The van der Waals surface area contributed by atoms with Crippen LogP contribution in [-0.2, 0) is 10.0 Å². The van der Waals surface area contributed by atoms with Crippen LogP contribution in [0.5, 0.6) is 0 Å². The van der Waals surface area contributed by atoms with Crippen molar-refractivity contribution in [1.82, 2.24) is 10.3 Å². The van der Waals surface area contributed by atoms with Gasteiger partial charge < -0.3 is 5.32 Å². The number of halogens is 1. The van der Waals surface area contributed by atoms with Crippen LogP contribution in [0.4, 0.5) is 0 Å². The second-order valence-electron chi connectivity index (χ2n) is 3.32. The Labute approximate surface area is 104 Å². The smallest absolute Gasteiger partial charge is 0.269 e. The fourth-order valence-corrected chi connectivity index (χ4v) is 1.81. The number of nitrogens with two attached hydrogens (primary N) is 1. The minimum absolute atomic E-state index is 0.170. The molecule has 0 fully saturated rings. The topological polar surface area (TPSA) is 102 Å². The number of amides is 1. The van der Waals surface area contributed by atoms with Gasteiger partial charge in [0.2, 0.25) is 10.0 Å². The molecule has 1 aromatic rings. The highest BCUT2D eigenvalue weighted by Gasteiger charge is 2.07. The zero-order valence-electron chi connectivity index (χ0n) is 8.89. The van der Waals surface area contributed by atoms with E-state index in [1.165, 1.54) is 6.07 Å². The molecule has 0 atom stereocenters. The Kier molecular flexibility index (Phi) is 4.86. The van der Waals surface area contributed by atoms with Gasteiger partial charge in [-0.05, 0) is 18.6 Å². The van der Waals surface area contributed by atoms with Crippen LogP contribution in [0.3, 0.4) is 0 Å². The minimum Gasteiger partial charge on any atom is -0.351 e. The van der Waals surface area contributed by atoms with Gasteiger partial charge in [0.1, 0.15) is 10.8 Å². The first-order valence-electron chi connectivity index (χ1n) is 4.80. The largest absolute Gasteiger partial charge is 0.351 e. The van der Waals surface area contributed by atoms with Gasteiger partial charge in [-0.2, -0.15) is 0 Å². The fourth-order valence-electron chi connectivity index (χ4n) is 1.10. The molecule has 17 heavy (non-hydrogen) atoms. The Morgan fingerprint density at radius 3 is 2.76 bits per heavy atom. The average molecular weight is 278 g/mol. The van der Waals surface area contributed by atoms with Crippen LogP contribution in [0.15, 0.2) is 18.2 Å². The number of hydrogen-bond donors (Lipinski definition) is 2. The van der Waals surface area contributed by atoms with Gasteiger partial charge in [0.05, 0.1) is 5.75 Å². The van der Waals surface area contributed by atoms with Crippen molar-refractivity contribution in [3.8, 4) is 0 Å². The first kappa shape index (κ1) is 13.9. The van der Waals surface area contributed by atoms with Crippen LogP contribution in [0.25, 0.3) is 0 Å². The lowest BCUT2D eigenvalue weighted by Gasteiger charge is -2.04. The van der Waals surface area contributed by atoms with Crippen LogP contribution in [0, 0.1) is 0 Å². The van der Waals surface area contributed by atoms with Crippen molar-refractivity contribution in [3.63, 3.8) is 0 Å². The van der Waals surface area contributed by atoms with Crippen molar-refractivity contribution >= 4 is 27.5 Å². The van der Waals surface area contributed by atoms with E-state index >= 15 is 0 Å². The molecule has 0 radical (unpaired) electrons. The summed E-state index contributed by atoms with van der Waals surface area (Å²) in [6.45, 7) is 0.212. The van der Waals surface area contributed by atoms with E-state index in [9.17, 15) is 13.2 Å². The molecule has 1 aromatic heterocycles. The van der Waals surface area contributed by atoms with Crippen molar-refractivity contribution in [2.24, 2.45) is 5.14 Å². The molecule has 0 aliphatic heterocycles. The summed E-state index contributed by atoms with van der Waals surface area (Å²) in [4.78, 5) is 15.3. The van der Waals surface area contributed by atoms with Crippen molar-refractivity contribution in [3.05, 3.63) is 29.0 Å². The normalized spacial score (nSPS) is 11.2. The average Bonchev–Trinajstić information content (AvgIpc) is 2.23. The molecule has 8 heteroatoms. The second kappa shape index (κ2) is 5.95. The van der Waals surface area contributed by atoms with Crippen molar-refractivity contribution in [2.45, 2.75) is 6.42 Å². The van der Waals surface area contributed by atoms with Gasteiger partial charge in [-0.15, -0.1) is 0 Å². The SMILES string of the molecule is NS(=O)(=O)CCCNC(=O)c1cccc(Cl)n1. The first-order chi connectivity index (χ1) is 7.88. The highest BCUT2D eigenvalue weighted by molar-refractivity contribution is 7.89. The lowest BCUT2D eigenvalue weighted by atomic mass is 10.3. The Bertz CT molecular complexity index is 504. The van der Waals surface area contributed by atoms with Gasteiger partial charge in [0, 0.05) is 6.54 Å². The number of sulfonamides is 1. The molecule has 0 saturated carbocycles. The number of aromatic nitrogens is 1. The van der Waals surface area contributed by atoms with E-state index in [0.717, 1.165) is 0 Å². The van der Waals surface area contributed by atoms with Crippen molar-refractivity contribution < 1.29 is 13.2 Å². The quantitative estimate of drug-likeness (QED) is 0.590. The zero-order chi connectivity index (χ0) is 12.9. The number of rotatable bonds is 5. The van der Waals surface area contributed by atoms with Gasteiger partial charge in [0.15, 0.2) is 0 Å². The molecule has 0 aliphatic carbocycles. The van der Waals surface area contributed by atoms with Crippen LogP contribution in [0.1, 0.15) is 16.9 Å². The molecule has 1 heterocycles. The third-order valence-corrected chi connectivity index (χ3v) is 2.91. The third kappa shape index (κ3) is 5.62. The molecule has 1 rings (SSSR count). The van der Waals surface area contributed by atoms with Crippen LogP contribution < -0.4 is 10.5 Å². The summed E-state index contributed by atoms with van der Waals surface area (Å²) in [5.41, 5.74) is 0.188. The Balaban J connectivity index is 2.41. The molecule has 0 bridgehead atoms. The van der Waals surface area contributed by atoms with E-state index in [1.54, 1.807) is 12.1 Å². The van der Waals surface area contributed by atoms with Crippen LogP contribution >= 0.6 is 11.6 Å². The summed E-state index contributed by atoms with van der Waals surface area (Å²) in [5.74, 6) is -0.571. The number of primary sulfonamides is 1. The summed E-state index contributed by atoms with van der Waals surface area (Å²) in [6, 6.07) is 4.68. The number of nitrogens with zero attached hydrogens (tertiary/aromatic N) is 1. The van der Waals surface area contributed by atoms with Gasteiger partial charge in [-0.3, -0.25) is 4.79 Å². The van der Waals surface area contributed by atoms with E-state index in [4.69, 9.17) is 16.7 Å². The highest BCUT2D eigenvalue weighted by Crippen LogP contribution is 2.04. The Morgan fingerprint density at radius 1 is 1.47 bits per heavy atom. The second-order valence-corrected chi connectivity index (χ2v) is 5.44. The molecule has 94 valence electrons. The highest BCUT2D eigenvalue weighted by atomic mass is 35.5. The summed E-state index contributed by atoms with van der Waals surface area (Å²) >= 11 is 5.62. The number of hydrogen-bond acceptors (Lipinski definition) is 4. The van der Waals surface area contributed by atoms with Gasteiger partial charge in [0.25, 0.3) is 5.91 Å². The standard InChI is InChI=1S/C9H12ClN3O3S/c10-8-4-1-3-7(13-8)9(14)12-5-2-6-17(11,15)16/h1,3-4H,2,5-6H2,(H,12,14)(H2,11,15,16). The summed E-state index contributed by atoms with van der Waals surface area (Å²) in [7, 11) is -3.48. The zero-order valence-corrected chi connectivity index (χ0v) is 10.5. The van der Waals surface area contributed by atoms with Crippen LogP contribution in [0.2, 0.25) is 5.15 Å². The third-order valence-electron chi connectivity index (χ3n) is 1.84. The molecule has 0 spiro atoms. The minimum atomic E-state index is -3.48. The maximum atomic E-state index is 11.5. The molecule has 0 aliphatic rings. The molecule has 0 aromatic carbocycles. The molecular weight excluding hydrogens is 266 g/mol. The van der Waals surface area contributed by atoms with Crippen molar-refractivity contribution in [1.29, 1.82) is 0 Å². The Morgan fingerprint density at radius 2 is 2.18 bits per heavy atom. The maximum Gasteiger partial charge on any atom is 0.269 e. The molecular formula is C9H12ClN3O3S. The summed E-state index contributed by atoms with van der Waals surface area (Å²) < 4.78 is 21.3. The number of carbonyl (C=O) groups is 1. The predicted octanol–water partition coefficient (Wildman–Crippen LogP) is 0.143. The summed E-state index contributed by atoms with van der Waals surface area (Å²) in [6.07, 6.45) is 0.255. The maximum absolute atomic E-state index is 11.5. The molecule has 0 saturated heterocycles. The number of nitrogens with one attached hydrogen (secondary N) is 1. The van der Waals surface area contributed by atoms with E-state index in [0.29, 0.717) is 0 Å². The lowest BCUT2D eigenvalue weighted by molar-refractivity contribution is 0.0948. The van der Waals surface area contributed by atoms with Crippen LogP contribution in [-0.4, -0.2) is 31.6 Å². The van der Waals surface area contributed by atoms with E-state index in [-0.39, 0.29) is 29.6 Å². The fraction of sp³-hybridized carbons (Fsp3) is 0.333. The van der Waals surface area contributed by atoms with Gasteiger partial charge in [-0.1, -0.05) is 17.7 Å². The summed E-state index contributed by atoms with van der Waals surface area (Å²) in [5, 5.41) is 7.56. The van der Waals surface area contributed by atoms with Gasteiger partial charge >= 0.3 is 0 Å². The monoisotopic (exact) mass is 277 g/mol. The molecule has 1 amide bonds. The van der Waals surface area contributed by atoms with E-state index < -0.39 is 15.9 Å². The molecule has 3 N–H and O–H groups in total. The molecule has 0 unspecified atom stereocenters. The lowest BCUT2D eigenvalue weighted by Crippen LogP contribution is -2.27. The van der Waals surface area contributed by atoms with E-state index in [2.05, 4.69) is 10.3 Å². The van der Waals surface area contributed by atoms with E-state index in [1.807, 2.05) is 0 Å². The number of pyridine rings is 1. The number of carbonyl (C=O) groups excluding carboxylic acids is 1. The van der Waals surface area contributed by atoms with Crippen molar-refractivity contribution in [2.75, 3.05) is 12.3 Å². The predicted molar refractivity (Wildman–Crippen MR) is 64.2 cm³/mol. The Hall–Kier alpha value is -1.18.